The fraction of sp³-hybridized carbons (Fsp3) is 0.412. The van der Waals surface area contributed by atoms with Crippen molar-refractivity contribution in [2.45, 2.75) is 63.6 Å². The Morgan fingerprint density at radius 2 is 1.61 bits per heavy atom. The fourth-order valence-corrected chi connectivity index (χ4v) is 5.48. The molecule has 0 bridgehead atoms. The minimum absolute atomic E-state index is 0.0104. The van der Waals surface area contributed by atoms with Crippen LogP contribution in [0.15, 0.2) is 84.9 Å². The molecule has 218 valence electrons. The van der Waals surface area contributed by atoms with Crippen LogP contribution in [0.2, 0.25) is 0 Å². The van der Waals surface area contributed by atoms with Crippen LogP contribution in [0.25, 0.3) is 0 Å². The van der Waals surface area contributed by atoms with Gasteiger partial charge in [-0.15, -0.1) is 0 Å². The van der Waals surface area contributed by atoms with Crippen molar-refractivity contribution in [1.29, 1.82) is 0 Å². The van der Waals surface area contributed by atoms with E-state index < -0.39 is 12.1 Å². The van der Waals surface area contributed by atoms with E-state index in [1.807, 2.05) is 67.6 Å². The molecule has 4 atom stereocenters. The summed E-state index contributed by atoms with van der Waals surface area (Å²) in [4.78, 5) is 28.2. The van der Waals surface area contributed by atoms with Crippen LogP contribution in [0.5, 0.6) is 5.75 Å². The van der Waals surface area contributed by atoms with E-state index in [1.165, 1.54) is 0 Å². The van der Waals surface area contributed by atoms with Crippen molar-refractivity contribution < 1.29 is 24.2 Å². The van der Waals surface area contributed by atoms with E-state index in [-0.39, 0.29) is 30.5 Å². The normalized spacial score (nSPS) is 18.2. The molecule has 2 amide bonds. The summed E-state index contributed by atoms with van der Waals surface area (Å²) in [7, 11) is 1.67. The first kappa shape index (κ1) is 30.3. The Balaban J connectivity index is 1.44. The van der Waals surface area contributed by atoms with Gasteiger partial charge in [0.25, 0.3) is 0 Å². The number of nitrogens with one attached hydrogen (secondary N) is 1. The Hall–Kier alpha value is -3.68. The maximum absolute atomic E-state index is 13.4. The van der Waals surface area contributed by atoms with Gasteiger partial charge in [-0.3, -0.25) is 4.79 Å². The molecule has 0 aliphatic heterocycles. The van der Waals surface area contributed by atoms with Crippen molar-refractivity contribution in [2.24, 2.45) is 5.92 Å². The second-order valence-electron chi connectivity index (χ2n) is 10.8. The Bertz CT molecular complexity index is 1220. The van der Waals surface area contributed by atoms with Crippen molar-refractivity contribution in [2.75, 3.05) is 20.3 Å². The third-order valence-corrected chi connectivity index (χ3v) is 8.00. The highest BCUT2D eigenvalue weighted by Gasteiger charge is 2.33. The van der Waals surface area contributed by atoms with Gasteiger partial charge in [0.15, 0.2) is 0 Å². The Morgan fingerprint density at radius 1 is 0.951 bits per heavy atom. The molecule has 7 heteroatoms. The first-order chi connectivity index (χ1) is 20.0. The number of hydrogen-bond donors (Lipinski definition) is 2. The quantitative estimate of drug-likeness (QED) is 0.275. The van der Waals surface area contributed by atoms with E-state index in [4.69, 9.17) is 9.47 Å². The fourth-order valence-electron chi connectivity index (χ4n) is 5.48. The third kappa shape index (κ3) is 8.65. The van der Waals surface area contributed by atoms with Crippen LogP contribution in [-0.4, -0.2) is 48.4 Å². The molecule has 4 unspecified atom stereocenters. The predicted octanol–water partition coefficient (Wildman–Crippen LogP) is 6.24. The van der Waals surface area contributed by atoms with Crippen molar-refractivity contribution in [1.82, 2.24) is 10.2 Å². The van der Waals surface area contributed by atoms with Crippen molar-refractivity contribution >= 4 is 12.0 Å². The van der Waals surface area contributed by atoms with Crippen molar-refractivity contribution in [3.8, 4) is 5.75 Å². The van der Waals surface area contributed by atoms with Gasteiger partial charge in [0.2, 0.25) is 5.91 Å². The van der Waals surface area contributed by atoms with E-state index in [1.54, 1.807) is 24.1 Å². The van der Waals surface area contributed by atoms with Crippen LogP contribution >= 0.6 is 0 Å². The summed E-state index contributed by atoms with van der Waals surface area (Å²) < 4.78 is 11.0. The van der Waals surface area contributed by atoms with Gasteiger partial charge in [0, 0.05) is 26.1 Å². The number of methoxy groups -OCH3 is 1. The summed E-state index contributed by atoms with van der Waals surface area (Å²) in [5, 5.41) is 13.1. The molecule has 1 aliphatic rings. The van der Waals surface area contributed by atoms with Gasteiger partial charge < -0.3 is 24.8 Å². The van der Waals surface area contributed by atoms with Crippen LogP contribution in [0.3, 0.4) is 0 Å². The number of rotatable bonds is 12. The zero-order valence-electron chi connectivity index (χ0n) is 24.1. The highest BCUT2D eigenvalue weighted by molar-refractivity contribution is 5.80. The molecule has 0 saturated heterocycles. The summed E-state index contributed by atoms with van der Waals surface area (Å²) in [5.74, 6) is 0.452. The second kappa shape index (κ2) is 15.4. The molecule has 3 aromatic rings. The monoisotopic (exact) mass is 558 g/mol. The summed E-state index contributed by atoms with van der Waals surface area (Å²) >= 11 is 0. The average Bonchev–Trinajstić information content (AvgIpc) is 3.02. The van der Waals surface area contributed by atoms with Crippen LogP contribution in [-0.2, 0) is 16.1 Å². The summed E-state index contributed by atoms with van der Waals surface area (Å²) in [5.41, 5.74) is 3.01. The van der Waals surface area contributed by atoms with Crippen LogP contribution in [0.4, 0.5) is 4.79 Å². The molecule has 1 saturated carbocycles. The molecule has 1 fully saturated rings. The molecule has 4 rings (SSSR count). The number of ether oxygens (including phenoxy) is 2. The van der Waals surface area contributed by atoms with Crippen LogP contribution < -0.4 is 10.1 Å². The number of carbonyl (C=O) groups excluding carboxylic acids is 2. The summed E-state index contributed by atoms with van der Waals surface area (Å²) in [6.07, 6.45) is 4.17. The van der Waals surface area contributed by atoms with E-state index in [2.05, 4.69) is 17.4 Å². The number of nitrogens with zero attached hydrogens (tertiary/aromatic N) is 1. The smallest absolute Gasteiger partial charge is 0.410 e. The topological polar surface area (TPSA) is 88.1 Å². The predicted molar refractivity (Wildman–Crippen MR) is 160 cm³/mol. The van der Waals surface area contributed by atoms with Gasteiger partial charge in [0.05, 0.1) is 18.8 Å². The standard InChI is InChI=1S/C34H42N2O5/c1-25(40-2)21-22-36(34(39)41-29-13-7-4-8-14-29)23-26-17-19-27(20-18-26)30-15-9-10-16-31(30)33(38)35-32(24-37)28-11-5-3-6-12-28/h3-8,11-14,17-20,25,30-32,37H,9-10,15-16,21-24H2,1-2H3,(H,35,38). The molecule has 7 nitrogen and oxygen atoms in total. The molecule has 41 heavy (non-hydrogen) atoms. The molecule has 0 aromatic heterocycles. The molecule has 0 heterocycles. The third-order valence-electron chi connectivity index (χ3n) is 8.00. The largest absolute Gasteiger partial charge is 0.415 e. The average molecular weight is 559 g/mol. The van der Waals surface area contributed by atoms with Gasteiger partial charge in [-0.1, -0.05) is 85.6 Å². The Labute approximate surface area is 243 Å². The van der Waals surface area contributed by atoms with E-state index in [9.17, 15) is 14.7 Å². The lowest BCUT2D eigenvalue weighted by molar-refractivity contribution is -0.127. The minimum Gasteiger partial charge on any atom is -0.410 e. The van der Waals surface area contributed by atoms with Gasteiger partial charge in [-0.2, -0.15) is 0 Å². The minimum atomic E-state index is -0.420. The highest BCUT2D eigenvalue weighted by Crippen LogP contribution is 2.38. The lowest BCUT2D eigenvalue weighted by atomic mass is 9.74. The lowest BCUT2D eigenvalue weighted by Crippen LogP contribution is -2.39. The molecular weight excluding hydrogens is 516 g/mol. The van der Waals surface area contributed by atoms with Crippen molar-refractivity contribution in [3.63, 3.8) is 0 Å². The second-order valence-corrected chi connectivity index (χ2v) is 10.8. The maximum atomic E-state index is 13.4. The maximum Gasteiger partial charge on any atom is 0.415 e. The van der Waals surface area contributed by atoms with E-state index in [0.29, 0.717) is 25.3 Å². The molecule has 0 radical (unpaired) electrons. The summed E-state index contributed by atoms with van der Waals surface area (Å²) in [6.45, 7) is 2.75. The first-order valence-corrected chi connectivity index (χ1v) is 14.6. The van der Waals surface area contributed by atoms with Crippen molar-refractivity contribution in [3.05, 3.63) is 102 Å². The van der Waals surface area contributed by atoms with Crippen LogP contribution in [0, 0.1) is 5.92 Å². The zero-order chi connectivity index (χ0) is 29.0. The Kier molecular flexibility index (Phi) is 11.3. The Morgan fingerprint density at radius 3 is 2.27 bits per heavy atom. The number of amides is 2. The first-order valence-electron chi connectivity index (χ1n) is 14.6. The van der Waals surface area contributed by atoms with Gasteiger partial charge in [0.1, 0.15) is 5.75 Å². The number of benzene rings is 3. The summed E-state index contributed by atoms with van der Waals surface area (Å²) in [6, 6.07) is 26.5. The van der Waals surface area contributed by atoms with Crippen LogP contribution in [0.1, 0.15) is 67.7 Å². The molecule has 1 aliphatic carbocycles. The number of para-hydroxylation sites is 1. The number of carbonyl (C=O) groups is 2. The van der Waals surface area contributed by atoms with Gasteiger partial charge >= 0.3 is 6.09 Å². The molecule has 0 spiro atoms. The van der Waals surface area contributed by atoms with E-state index in [0.717, 1.165) is 42.4 Å². The lowest BCUT2D eigenvalue weighted by Gasteiger charge is -2.32. The number of hydrogen-bond acceptors (Lipinski definition) is 5. The zero-order valence-corrected chi connectivity index (χ0v) is 24.1. The molecule has 3 aromatic carbocycles. The molecule has 2 N–H and O–H groups in total. The van der Waals surface area contributed by atoms with Gasteiger partial charge in [-0.25, -0.2) is 4.79 Å². The van der Waals surface area contributed by atoms with Gasteiger partial charge in [-0.05, 0) is 60.9 Å². The SMILES string of the molecule is COC(C)CCN(Cc1ccc(C2CCCCC2C(=O)NC(CO)c2ccccc2)cc1)C(=O)Oc1ccccc1. The van der Waals surface area contributed by atoms with E-state index >= 15 is 0 Å². The highest BCUT2D eigenvalue weighted by atomic mass is 16.6. The number of aliphatic hydroxyl groups excluding tert-OH is 1. The number of aliphatic hydroxyl groups is 1. The molecular formula is C34H42N2O5.